The van der Waals surface area contributed by atoms with Crippen LogP contribution in [0, 0.1) is 11.8 Å². The number of hydrogen-bond acceptors (Lipinski definition) is 5. The predicted octanol–water partition coefficient (Wildman–Crippen LogP) is 2.56. The van der Waals surface area contributed by atoms with Gasteiger partial charge >= 0.3 is 5.97 Å². The quantitative estimate of drug-likeness (QED) is 0.369. The standard InChI is InChI=1S/C18H21ClO6/c1-11(19)13(5-4-6-17(22)23)14(7-8-20)18-15(21)9-12(24-2)10-16(18)25-3/h4-6,8-10,14-15,18,21H,1,7H2,2-3H3,(H,22,23)/b6-4+,13-5+. The minimum atomic E-state index is -1.12. The van der Waals surface area contributed by atoms with Crippen LogP contribution < -0.4 is 0 Å². The van der Waals surface area contributed by atoms with Crippen molar-refractivity contribution in [2.24, 2.45) is 11.8 Å². The first-order valence-corrected chi connectivity index (χ1v) is 7.82. The van der Waals surface area contributed by atoms with Gasteiger partial charge in [0.2, 0.25) is 0 Å². The summed E-state index contributed by atoms with van der Waals surface area (Å²) in [5.41, 5.74) is 0.438. The Bertz CT molecular complexity index is 644. The first kappa shape index (κ1) is 20.7. The molecule has 1 rings (SSSR count). The summed E-state index contributed by atoms with van der Waals surface area (Å²) in [5.74, 6) is -1.42. The fraction of sp³-hybridized carbons (Fsp3) is 0.333. The van der Waals surface area contributed by atoms with Gasteiger partial charge in [0.25, 0.3) is 0 Å². The van der Waals surface area contributed by atoms with Crippen molar-refractivity contribution in [3.63, 3.8) is 0 Å². The number of carbonyl (C=O) groups is 2. The number of aldehydes is 1. The van der Waals surface area contributed by atoms with Crippen molar-refractivity contribution < 1.29 is 29.3 Å². The highest BCUT2D eigenvalue weighted by atomic mass is 35.5. The van der Waals surface area contributed by atoms with Crippen molar-refractivity contribution in [2.45, 2.75) is 12.5 Å². The summed E-state index contributed by atoms with van der Waals surface area (Å²) in [5, 5.41) is 19.4. The summed E-state index contributed by atoms with van der Waals surface area (Å²) in [6.45, 7) is 3.68. The van der Waals surface area contributed by atoms with Gasteiger partial charge in [-0.1, -0.05) is 30.3 Å². The molecule has 1 aliphatic carbocycles. The minimum Gasteiger partial charge on any atom is -0.501 e. The first-order chi connectivity index (χ1) is 11.8. The molecule has 0 aromatic carbocycles. The van der Waals surface area contributed by atoms with Crippen LogP contribution in [-0.4, -0.2) is 42.8 Å². The predicted molar refractivity (Wildman–Crippen MR) is 93.7 cm³/mol. The monoisotopic (exact) mass is 368 g/mol. The van der Waals surface area contributed by atoms with Gasteiger partial charge in [-0.05, 0) is 11.6 Å². The maximum absolute atomic E-state index is 11.2. The van der Waals surface area contributed by atoms with Crippen LogP contribution in [-0.2, 0) is 19.1 Å². The largest absolute Gasteiger partial charge is 0.501 e. The number of carboxylic acid groups (broad SMARTS) is 1. The smallest absolute Gasteiger partial charge is 0.328 e. The lowest BCUT2D eigenvalue weighted by atomic mass is 9.76. The fourth-order valence-electron chi connectivity index (χ4n) is 2.70. The Morgan fingerprint density at radius 2 is 2.12 bits per heavy atom. The zero-order valence-corrected chi connectivity index (χ0v) is 14.8. The number of allylic oxidation sites excluding steroid dienone is 5. The average Bonchev–Trinajstić information content (AvgIpc) is 2.56. The third-order valence-corrected chi connectivity index (χ3v) is 4.02. The molecular formula is C18H21ClO6. The number of rotatable bonds is 9. The number of carbonyl (C=O) groups excluding carboxylic acids is 1. The molecule has 0 aromatic heterocycles. The second-order valence-electron chi connectivity index (χ2n) is 5.27. The molecule has 0 saturated heterocycles. The number of aliphatic carboxylic acids is 1. The van der Waals surface area contributed by atoms with Crippen LogP contribution in [0.5, 0.6) is 0 Å². The maximum atomic E-state index is 11.2. The highest BCUT2D eigenvalue weighted by Crippen LogP contribution is 2.39. The molecule has 0 radical (unpaired) electrons. The van der Waals surface area contributed by atoms with Gasteiger partial charge in [0.15, 0.2) is 0 Å². The summed E-state index contributed by atoms with van der Waals surface area (Å²) < 4.78 is 10.5. The molecular weight excluding hydrogens is 348 g/mol. The average molecular weight is 369 g/mol. The Morgan fingerprint density at radius 3 is 2.60 bits per heavy atom. The van der Waals surface area contributed by atoms with Gasteiger partial charge in [-0.2, -0.15) is 0 Å². The SMILES string of the molecule is C=C(Cl)/C(=C\C=C\C(=O)O)C(CC=O)C1C(OC)=CC(OC)=CC1O. The van der Waals surface area contributed by atoms with E-state index >= 15 is 0 Å². The second-order valence-corrected chi connectivity index (χ2v) is 5.73. The van der Waals surface area contributed by atoms with Crippen molar-refractivity contribution in [3.05, 3.63) is 59.1 Å². The van der Waals surface area contributed by atoms with Crippen LogP contribution in [0.1, 0.15) is 6.42 Å². The fourth-order valence-corrected chi connectivity index (χ4v) is 2.91. The Kier molecular flexibility index (Phi) is 8.18. The molecule has 7 heteroatoms. The lowest BCUT2D eigenvalue weighted by Crippen LogP contribution is -2.33. The van der Waals surface area contributed by atoms with E-state index in [2.05, 4.69) is 6.58 Å². The molecule has 6 nitrogen and oxygen atoms in total. The highest BCUT2D eigenvalue weighted by Gasteiger charge is 2.36. The summed E-state index contributed by atoms with van der Waals surface area (Å²) >= 11 is 6.06. The molecule has 0 aliphatic heterocycles. The molecule has 0 spiro atoms. The first-order valence-electron chi connectivity index (χ1n) is 7.44. The maximum Gasteiger partial charge on any atom is 0.328 e. The summed E-state index contributed by atoms with van der Waals surface area (Å²) in [4.78, 5) is 21.8. The Hall–Kier alpha value is -2.31. The topological polar surface area (TPSA) is 93.1 Å². The number of aliphatic hydroxyl groups is 1. The molecule has 136 valence electrons. The van der Waals surface area contributed by atoms with Crippen LogP contribution in [0.15, 0.2) is 59.1 Å². The molecule has 0 fully saturated rings. The summed E-state index contributed by atoms with van der Waals surface area (Å²) in [6, 6.07) is 0. The number of aliphatic hydroxyl groups excluding tert-OH is 1. The number of halogens is 1. The molecule has 0 bridgehead atoms. The zero-order chi connectivity index (χ0) is 19.0. The van der Waals surface area contributed by atoms with Gasteiger partial charge in [-0.25, -0.2) is 4.79 Å². The Balaban J connectivity index is 3.34. The Labute approximate surface area is 151 Å². The van der Waals surface area contributed by atoms with Gasteiger partial charge < -0.3 is 24.5 Å². The molecule has 3 unspecified atom stereocenters. The van der Waals surface area contributed by atoms with Crippen LogP contribution in [0.3, 0.4) is 0 Å². The van der Waals surface area contributed by atoms with E-state index in [0.29, 0.717) is 23.4 Å². The van der Waals surface area contributed by atoms with E-state index in [4.69, 9.17) is 26.2 Å². The molecule has 1 aliphatic rings. The van der Waals surface area contributed by atoms with Crippen LogP contribution >= 0.6 is 11.6 Å². The van der Waals surface area contributed by atoms with Gasteiger partial charge in [-0.15, -0.1) is 0 Å². The molecule has 2 N–H and O–H groups in total. The van der Waals surface area contributed by atoms with Crippen molar-refractivity contribution in [1.82, 2.24) is 0 Å². The third kappa shape index (κ3) is 5.62. The van der Waals surface area contributed by atoms with E-state index in [9.17, 15) is 14.7 Å². The van der Waals surface area contributed by atoms with Crippen molar-refractivity contribution in [1.29, 1.82) is 0 Å². The van der Waals surface area contributed by atoms with Gasteiger partial charge in [0.1, 0.15) is 17.8 Å². The number of ether oxygens (including phenoxy) is 2. The Morgan fingerprint density at radius 1 is 1.44 bits per heavy atom. The van der Waals surface area contributed by atoms with Gasteiger partial charge in [0.05, 0.1) is 26.2 Å². The number of hydrogen-bond donors (Lipinski definition) is 2. The van der Waals surface area contributed by atoms with E-state index in [-0.39, 0.29) is 11.5 Å². The molecule has 3 atom stereocenters. The van der Waals surface area contributed by atoms with Gasteiger partial charge in [0, 0.05) is 29.5 Å². The summed E-state index contributed by atoms with van der Waals surface area (Å²) in [7, 11) is 2.92. The van der Waals surface area contributed by atoms with Crippen LogP contribution in [0.2, 0.25) is 0 Å². The van der Waals surface area contributed by atoms with E-state index in [0.717, 1.165) is 6.08 Å². The van der Waals surface area contributed by atoms with Crippen molar-refractivity contribution in [2.75, 3.05) is 14.2 Å². The number of carboxylic acids is 1. The zero-order valence-electron chi connectivity index (χ0n) is 14.0. The van der Waals surface area contributed by atoms with Gasteiger partial charge in [-0.3, -0.25) is 0 Å². The highest BCUT2D eigenvalue weighted by molar-refractivity contribution is 6.31. The molecule has 0 saturated carbocycles. The van der Waals surface area contributed by atoms with Crippen LogP contribution in [0.25, 0.3) is 0 Å². The molecule has 0 heterocycles. The minimum absolute atomic E-state index is 0.0388. The number of methoxy groups -OCH3 is 2. The van der Waals surface area contributed by atoms with Crippen LogP contribution in [0.4, 0.5) is 0 Å². The summed E-state index contributed by atoms with van der Waals surface area (Å²) in [6.07, 6.45) is 6.58. The third-order valence-electron chi connectivity index (χ3n) is 3.80. The van der Waals surface area contributed by atoms with E-state index < -0.39 is 23.9 Å². The lowest BCUT2D eigenvalue weighted by molar-refractivity contribution is -0.131. The normalized spacial score (nSPS) is 22.0. The molecule has 0 aromatic rings. The second kappa shape index (κ2) is 9.86. The van der Waals surface area contributed by atoms with E-state index in [1.54, 1.807) is 6.08 Å². The molecule has 25 heavy (non-hydrogen) atoms. The van der Waals surface area contributed by atoms with Crippen molar-refractivity contribution >= 4 is 23.9 Å². The van der Waals surface area contributed by atoms with E-state index in [1.807, 2.05) is 0 Å². The molecule has 0 amide bonds. The van der Waals surface area contributed by atoms with Crippen molar-refractivity contribution in [3.8, 4) is 0 Å². The lowest BCUT2D eigenvalue weighted by Gasteiger charge is -2.33. The van der Waals surface area contributed by atoms with E-state index in [1.165, 1.54) is 32.4 Å².